The van der Waals surface area contributed by atoms with Crippen LogP contribution in [-0.4, -0.2) is 72.4 Å². The third kappa shape index (κ3) is 5.71. The predicted octanol–water partition coefficient (Wildman–Crippen LogP) is 5.24. The van der Waals surface area contributed by atoms with Crippen molar-refractivity contribution in [3.05, 3.63) is 101 Å². The molecule has 1 amide bonds. The van der Waals surface area contributed by atoms with Crippen molar-refractivity contribution < 1.29 is 19.0 Å². The number of methoxy groups -OCH3 is 1. The Hall–Kier alpha value is -4.14. The molecule has 8 heteroatoms. The summed E-state index contributed by atoms with van der Waals surface area (Å²) in [6, 6.07) is 24.0. The van der Waals surface area contributed by atoms with E-state index in [0.717, 1.165) is 67.2 Å². The van der Waals surface area contributed by atoms with Gasteiger partial charge in [-0.2, -0.15) is 5.10 Å². The lowest BCUT2D eigenvalue weighted by molar-refractivity contribution is 0.0354. The number of benzene rings is 3. The first-order valence-electron chi connectivity index (χ1n) is 14.2. The summed E-state index contributed by atoms with van der Waals surface area (Å²) >= 11 is 0. The first-order valence-corrected chi connectivity index (χ1v) is 14.2. The number of nitrogens with zero attached hydrogens (tertiary/aromatic N) is 3. The van der Waals surface area contributed by atoms with Crippen LogP contribution in [-0.2, 0) is 11.3 Å². The maximum atomic E-state index is 13.8. The van der Waals surface area contributed by atoms with Crippen LogP contribution in [0.2, 0.25) is 0 Å². The molecule has 1 unspecified atom stereocenters. The number of carbonyl (C=O) groups is 1. The highest BCUT2D eigenvalue weighted by molar-refractivity contribution is 6.00. The molecule has 0 bridgehead atoms. The molecule has 212 valence electrons. The Labute approximate surface area is 240 Å². The number of hydrogen-bond donors (Lipinski definition) is 1. The Balaban J connectivity index is 1.32. The molecule has 4 aromatic rings. The van der Waals surface area contributed by atoms with Gasteiger partial charge in [0.2, 0.25) is 0 Å². The molecule has 1 saturated heterocycles. The molecule has 1 atom stereocenters. The van der Waals surface area contributed by atoms with Crippen LogP contribution in [0.15, 0.2) is 72.8 Å². The molecule has 8 nitrogen and oxygen atoms in total. The van der Waals surface area contributed by atoms with Gasteiger partial charge in [-0.3, -0.25) is 14.8 Å². The van der Waals surface area contributed by atoms with Crippen molar-refractivity contribution in [3.63, 3.8) is 0 Å². The van der Waals surface area contributed by atoms with Crippen molar-refractivity contribution in [3.8, 4) is 22.8 Å². The van der Waals surface area contributed by atoms with Gasteiger partial charge < -0.3 is 19.1 Å². The zero-order valence-electron chi connectivity index (χ0n) is 23.6. The number of ether oxygens (including phenoxy) is 3. The van der Waals surface area contributed by atoms with Gasteiger partial charge in [0.05, 0.1) is 32.1 Å². The van der Waals surface area contributed by atoms with Gasteiger partial charge in [0.15, 0.2) is 11.5 Å². The van der Waals surface area contributed by atoms with Crippen molar-refractivity contribution in [1.82, 2.24) is 20.0 Å². The molecule has 6 rings (SSSR count). The Bertz CT molecular complexity index is 1480. The number of nitrogens with one attached hydrogen (secondary N) is 1. The van der Waals surface area contributed by atoms with Crippen LogP contribution in [0.25, 0.3) is 11.3 Å². The molecule has 0 spiro atoms. The predicted molar refractivity (Wildman–Crippen MR) is 157 cm³/mol. The maximum Gasteiger partial charge on any atom is 0.273 e. The van der Waals surface area contributed by atoms with E-state index in [4.69, 9.17) is 14.2 Å². The fraction of sp³-hybridized carbons (Fsp3) is 0.333. The van der Waals surface area contributed by atoms with E-state index in [1.807, 2.05) is 53.4 Å². The molecule has 1 N–H and O–H groups in total. The highest BCUT2D eigenvalue weighted by Crippen LogP contribution is 2.44. The van der Waals surface area contributed by atoms with Crippen molar-refractivity contribution in [2.75, 3.05) is 46.5 Å². The fourth-order valence-corrected chi connectivity index (χ4v) is 5.70. The normalized spacial score (nSPS) is 17.1. The Morgan fingerprint density at radius 3 is 2.51 bits per heavy atom. The topological polar surface area (TPSA) is 79.9 Å². The standard InChI is InChI=1S/C33H36N4O4/c1-23-9-11-25(12-10-23)30-29-31(35-34-30)33(38)37(16-6-15-36-17-19-40-20-18-36)32(29)26-13-14-27(28(21-26)39-2)41-22-24-7-4-3-5-8-24/h3-5,7-14,21,32H,6,15-20,22H2,1-2H3,(H,34,35). The quantitative estimate of drug-likeness (QED) is 0.290. The van der Waals surface area contributed by atoms with Crippen LogP contribution in [0.3, 0.4) is 0 Å². The lowest BCUT2D eigenvalue weighted by Gasteiger charge is -2.30. The lowest BCUT2D eigenvalue weighted by Crippen LogP contribution is -2.38. The van der Waals surface area contributed by atoms with Crippen LogP contribution in [0.5, 0.6) is 11.5 Å². The van der Waals surface area contributed by atoms with Crippen molar-refractivity contribution in [1.29, 1.82) is 0 Å². The molecular weight excluding hydrogens is 516 g/mol. The van der Waals surface area contributed by atoms with Crippen LogP contribution >= 0.6 is 0 Å². The van der Waals surface area contributed by atoms with E-state index in [1.165, 1.54) is 5.56 Å². The van der Waals surface area contributed by atoms with Gasteiger partial charge in [-0.05, 0) is 36.6 Å². The molecule has 2 aliphatic heterocycles. The summed E-state index contributed by atoms with van der Waals surface area (Å²) in [5.41, 5.74) is 6.47. The largest absolute Gasteiger partial charge is 0.493 e. The van der Waals surface area contributed by atoms with E-state index in [-0.39, 0.29) is 11.9 Å². The summed E-state index contributed by atoms with van der Waals surface area (Å²) in [5, 5.41) is 7.70. The summed E-state index contributed by atoms with van der Waals surface area (Å²) in [5.74, 6) is 1.27. The van der Waals surface area contributed by atoms with E-state index in [9.17, 15) is 4.79 Å². The summed E-state index contributed by atoms with van der Waals surface area (Å²) < 4.78 is 17.4. The minimum atomic E-state index is -0.297. The number of amides is 1. The third-order valence-corrected chi connectivity index (χ3v) is 7.91. The van der Waals surface area contributed by atoms with Gasteiger partial charge in [-0.25, -0.2) is 0 Å². The van der Waals surface area contributed by atoms with E-state index >= 15 is 0 Å². The number of aromatic amines is 1. The molecular formula is C33H36N4O4. The number of carbonyl (C=O) groups excluding carboxylic acids is 1. The average molecular weight is 553 g/mol. The average Bonchev–Trinajstić information content (AvgIpc) is 3.56. The Kier molecular flexibility index (Phi) is 8.02. The van der Waals surface area contributed by atoms with Crippen LogP contribution in [0, 0.1) is 6.92 Å². The molecule has 0 radical (unpaired) electrons. The van der Waals surface area contributed by atoms with E-state index in [2.05, 4.69) is 46.3 Å². The number of aromatic nitrogens is 2. The minimum absolute atomic E-state index is 0.0267. The van der Waals surface area contributed by atoms with Gasteiger partial charge in [0.1, 0.15) is 12.3 Å². The first kappa shape index (κ1) is 27.1. The zero-order chi connectivity index (χ0) is 28.2. The first-order chi connectivity index (χ1) is 20.1. The highest BCUT2D eigenvalue weighted by atomic mass is 16.5. The Morgan fingerprint density at radius 2 is 1.76 bits per heavy atom. The zero-order valence-corrected chi connectivity index (χ0v) is 23.6. The van der Waals surface area contributed by atoms with Crippen molar-refractivity contribution >= 4 is 5.91 Å². The van der Waals surface area contributed by atoms with E-state index in [1.54, 1.807) is 7.11 Å². The summed E-state index contributed by atoms with van der Waals surface area (Å²) in [4.78, 5) is 18.2. The van der Waals surface area contributed by atoms with Gasteiger partial charge in [-0.15, -0.1) is 0 Å². The molecule has 1 fully saturated rings. The molecule has 3 aromatic carbocycles. The molecule has 41 heavy (non-hydrogen) atoms. The van der Waals surface area contributed by atoms with E-state index < -0.39 is 0 Å². The smallest absolute Gasteiger partial charge is 0.273 e. The van der Waals surface area contributed by atoms with Gasteiger partial charge >= 0.3 is 0 Å². The number of morpholine rings is 1. The minimum Gasteiger partial charge on any atom is -0.493 e. The van der Waals surface area contributed by atoms with Gasteiger partial charge in [-0.1, -0.05) is 66.2 Å². The second-order valence-electron chi connectivity index (χ2n) is 10.6. The van der Waals surface area contributed by atoms with Crippen molar-refractivity contribution in [2.45, 2.75) is 26.0 Å². The molecule has 0 saturated carbocycles. The molecule has 3 heterocycles. The summed E-state index contributed by atoms with van der Waals surface area (Å²) in [6.45, 7) is 7.45. The van der Waals surface area contributed by atoms with Gasteiger partial charge in [0, 0.05) is 37.3 Å². The number of fused-ring (bicyclic) bond motifs is 1. The monoisotopic (exact) mass is 552 g/mol. The van der Waals surface area contributed by atoms with Crippen LogP contribution in [0.4, 0.5) is 0 Å². The second-order valence-corrected chi connectivity index (χ2v) is 10.6. The Morgan fingerprint density at radius 1 is 0.976 bits per heavy atom. The number of aryl methyl sites for hydroxylation is 1. The van der Waals surface area contributed by atoms with Crippen LogP contribution in [0.1, 0.15) is 45.2 Å². The summed E-state index contributed by atoms with van der Waals surface area (Å²) in [6.07, 6.45) is 0.870. The van der Waals surface area contributed by atoms with E-state index in [0.29, 0.717) is 30.3 Å². The van der Waals surface area contributed by atoms with Crippen molar-refractivity contribution in [2.24, 2.45) is 0 Å². The third-order valence-electron chi connectivity index (χ3n) is 7.91. The SMILES string of the molecule is COc1cc(C2c3c(-c4ccc(C)cc4)n[nH]c3C(=O)N2CCCN2CCOCC2)ccc1OCc1ccccc1. The molecule has 2 aliphatic rings. The molecule has 1 aromatic heterocycles. The highest BCUT2D eigenvalue weighted by Gasteiger charge is 2.42. The molecule has 0 aliphatic carbocycles. The summed E-state index contributed by atoms with van der Waals surface area (Å²) in [7, 11) is 1.65. The second kappa shape index (κ2) is 12.2. The maximum absolute atomic E-state index is 13.8. The number of H-pyrrole nitrogens is 1. The lowest BCUT2D eigenvalue weighted by atomic mass is 9.95. The van der Waals surface area contributed by atoms with Gasteiger partial charge in [0.25, 0.3) is 5.91 Å². The van der Waals surface area contributed by atoms with Crippen LogP contribution < -0.4 is 9.47 Å². The fourth-order valence-electron chi connectivity index (χ4n) is 5.70. The number of rotatable bonds is 10. The number of hydrogen-bond acceptors (Lipinski definition) is 6.